The Kier molecular flexibility index (Phi) is 6.13. The molecule has 4 rings (SSSR count). The van der Waals surface area contributed by atoms with Gasteiger partial charge >= 0.3 is 6.03 Å². The van der Waals surface area contributed by atoms with Crippen LogP contribution >= 0.6 is 0 Å². The number of para-hydroxylation sites is 1. The van der Waals surface area contributed by atoms with Gasteiger partial charge in [0.25, 0.3) is 15.9 Å². The fourth-order valence-corrected chi connectivity index (χ4v) is 5.00. The highest BCUT2D eigenvalue weighted by Crippen LogP contribution is 2.24. The van der Waals surface area contributed by atoms with Crippen LogP contribution in [0.1, 0.15) is 41.6 Å². The summed E-state index contributed by atoms with van der Waals surface area (Å²) in [5.41, 5.74) is 1.39. The van der Waals surface area contributed by atoms with E-state index in [0.717, 1.165) is 25.7 Å². The number of amides is 4. The van der Waals surface area contributed by atoms with Crippen molar-refractivity contribution in [2.24, 2.45) is 0 Å². The van der Waals surface area contributed by atoms with E-state index in [4.69, 9.17) is 0 Å². The van der Waals surface area contributed by atoms with Crippen LogP contribution in [-0.2, 0) is 21.2 Å². The molecule has 1 fully saturated rings. The predicted octanol–water partition coefficient (Wildman–Crippen LogP) is 1.89. The number of carbonyl (C=O) groups is 3. The molecule has 168 valence electrons. The summed E-state index contributed by atoms with van der Waals surface area (Å²) in [6.45, 7) is 0.0373. The molecule has 0 unspecified atom stereocenters. The average Bonchev–Trinajstić information content (AvgIpc) is 3.27. The van der Waals surface area contributed by atoms with Gasteiger partial charge in [-0.15, -0.1) is 0 Å². The quantitative estimate of drug-likeness (QED) is 0.634. The number of fused-ring (bicyclic) bond motifs is 1. The smallest absolute Gasteiger partial charge is 0.328 e. The Bertz CT molecular complexity index is 1160. The largest absolute Gasteiger partial charge is 0.335 e. The molecule has 0 atom stereocenters. The number of sulfonamides is 1. The number of nitrogens with one attached hydrogen (secondary N) is 3. The van der Waals surface area contributed by atoms with E-state index in [1.54, 1.807) is 30.3 Å². The van der Waals surface area contributed by atoms with Crippen LogP contribution in [0.3, 0.4) is 0 Å². The van der Waals surface area contributed by atoms with Crippen molar-refractivity contribution in [2.75, 3.05) is 11.6 Å². The first kappa shape index (κ1) is 21.8. The van der Waals surface area contributed by atoms with Crippen LogP contribution < -0.4 is 20.3 Å². The van der Waals surface area contributed by atoms with Gasteiger partial charge in [-0.05, 0) is 42.7 Å². The van der Waals surface area contributed by atoms with E-state index in [1.807, 2.05) is 4.72 Å². The summed E-state index contributed by atoms with van der Waals surface area (Å²) >= 11 is 0. The third-order valence-corrected chi connectivity index (χ3v) is 6.95. The van der Waals surface area contributed by atoms with Crippen molar-refractivity contribution >= 4 is 33.6 Å². The molecule has 0 saturated heterocycles. The molecule has 1 heterocycles. The van der Waals surface area contributed by atoms with Gasteiger partial charge in [0.15, 0.2) is 0 Å². The first-order chi connectivity index (χ1) is 15.3. The fourth-order valence-electron chi connectivity index (χ4n) is 4.01. The van der Waals surface area contributed by atoms with Gasteiger partial charge in [-0.25, -0.2) is 17.9 Å². The molecule has 1 aliphatic heterocycles. The molecule has 2 aliphatic rings. The molecular weight excluding hydrogens is 432 g/mol. The summed E-state index contributed by atoms with van der Waals surface area (Å²) in [6.07, 6.45) is 3.63. The van der Waals surface area contributed by atoms with Crippen LogP contribution in [-0.4, -0.2) is 39.0 Å². The number of urea groups is 1. The molecule has 2 aromatic carbocycles. The number of rotatable bonds is 5. The maximum Gasteiger partial charge on any atom is 0.328 e. The standard InChI is InChI=1S/C22H24N4O5S/c27-20(26-14-23-21(28)18-10-3-4-11-19(18)26)13-15-6-5-9-17(12-15)32(30,31)25-22(29)24-16-7-1-2-8-16/h3-6,9-12,16H,1-2,7-8,13-14H2,(H,23,28)(H2,24,25,29). The molecule has 9 nitrogen and oxygen atoms in total. The second-order valence-electron chi connectivity index (χ2n) is 7.89. The lowest BCUT2D eigenvalue weighted by molar-refractivity contribution is -0.118. The van der Waals surface area contributed by atoms with Crippen LogP contribution in [0.5, 0.6) is 0 Å². The second kappa shape index (κ2) is 8.99. The van der Waals surface area contributed by atoms with Crippen LogP contribution in [0.2, 0.25) is 0 Å². The summed E-state index contributed by atoms with van der Waals surface area (Å²) in [7, 11) is -4.08. The number of nitrogens with zero attached hydrogens (tertiary/aromatic N) is 1. The van der Waals surface area contributed by atoms with Crippen molar-refractivity contribution in [3.63, 3.8) is 0 Å². The Balaban J connectivity index is 1.46. The summed E-state index contributed by atoms with van der Waals surface area (Å²) in [5, 5.41) is 5.34. The zero-order valence-corrected chi connectivity index (χ0v) is 18.2. The number of hydrogen-bond acceptors (Lipinski definition) is 5. The number of carbonyl (C=O) groups excluding carboxylic acids is 3. The third kappa shape index (κ3) is 4.75. The van der Waals surface area contributed by atoms with Crippen molar-refractivity contribution in [2.45, 2.75) is 43.0 Å². The Morgan fingerprint density at radius 3 is 2.59 bits per heavy atom. The van der Waals surface area contributed by atoms with Crippen LogP contribution in [0.4, 0.5) is 10.5 Å². The van der Waals surface area contributed by atoms with Crippen molar-refractivity contribution in [3.8, 4) is 0 Å². The van der Waals surface area contributed by atoms with Gasteiger partial charge < -0.3 is 10.6 Å². The molecule has 0 aromatic heterocycles. The summed E-state index contributed by atoms with van der Waals surface area (Å²) in [4.78, 5) is 38.4. The lowest BCUT2D eigenvalue weighted by Crippen LogP contribution is -2.47. The predicted molar refractivity (Wildman–Crippen MR) is 118 cm³/mol. The minimum atomic E-state index is -4.08. The van der Waals surface area contributed by atoms with E-state index < -0.39 is 16.1 Å². The van der Waals surface area contributed by atoms with E-state index in [-0.39, 0.29) is 35.8 Å². The first-order valence-electron chi connectivity index (χ1n) is 10.4. The molecule has 3 N–H and O–H groups in total. The highest BCUT2D eigenvalue weighted by molar-refractivity contribution is 7.90. The van der Waals surface area contributed by atoms with E-state index in [1.165, 1.54) is 23.1 Å². The molecule has 0 bridgehead atoms. The lowest BCUT2D eigenvalue weighted by Gasteiger charge is -2.29. The molecule has 1 saturated carbocycles. The van der Waals surface area contributed by atoms with Crippen molar-refractivity contribution in [3.05, 3.63) is 59.7 Å². The van der Waals surface area contributed by atoms with Crippen LogP contribution in [0, 0.1) is 0 Å². The van der Waals surface area contributed by atoms with Crippen LogP contribution in [0.15, 0.2) is 53.4 Å². The van der Waals surface area contributed by atoms with E-state index in [0.29, 0.717) is 16.8 Å². The van der Waals surface area contributed by atoms with Gasteiger partial charge in [0.05, 0.1) is 29.2 Å². The molecule has 32 heavy (non-hydrogen) atoms. The zero-order valence-electron chi connectivity index (χ0n) is 17.3. The molecule has 1 aliphatic carbocycles. The maximum atomic E-state index is 12.9. The number of benzene rings is 2. The third-order valence-electron chi connectivity index (χ3n) is 5.62. The van der Waals surface area contributed by atoms with Crippen molar-refractivity contribution in [1.82, 2.24) is 15.4 Å². The van der Waals surface area contributed by atoms with E-state index >= 15 is 0 Å². The van der Waals surface area contributed by atoms with Crippen molar-refractivity contribution < 1.29 is 22.8 Å². The molecule has 0 spiro atoms. The summed E-state index contributed by atoms with van der Waals surface area (Å²) in [5.74, 6) is -0.543. The second-order valence-corrected chi connectivity index (χ2v) is 9.57. The van der Waals surface area contributed by atoms with Gasteiger partial charge in [-0.1, -0.05) is 37.1 Å². The molecule has 2 aromatic rings. The zero-order chi connectivity index (χ0) is 22.7. The van der Waals surface area contributed by atoms with Gasteiger partial charge in [0, 0.05) is 6.04 Å². The maximum absolute atomic E-state index is 12.9. The Labute approximate surface area is 186 Å². The molecule has 4 amide bonds. The van der Waals surface area contributed by atoms with Gasteiger partial charge in [0.1, 0.15) is 0 Å². The SMILES string of the molecule is O=C(NC1CCCC1)NS(=O)(=O)c1cccc(CC(=O)N2CNC(=O)c3ccccc32)c1. The minimum absolute atomic E-state index is 0.0120. The molecule has 10 heteroatoms. The van der Waals surface area contributed by atoms with Crippen molar-refractivity contribution in [1.29, 1.82) is 0 Å². The van der Waals surface area contributed by atoms with Crippen LogP contribution in [0.25, 0.3) is 0 Å². The number of hydrogen-bond donors (Lipinski definition) is 3. The van der Waals surface area contributed by atoms with Gasteiger partial charge in [-0.2, -0.15) is 0 Å². The Morgan fingerprint density at radius 1 is 1.06 bits per heavy atom. The Hall–Kier alpha value is -3.40. The monoisotopic (exact) mass is 456 g/mol. The summed E-state index contributed by atoms with van der Waals surface area (Å²) in [6, 6.07) is 11.9. The highest BCUT2D eigenvalue weighted by Gasteiger charge is 2.27. The van der Waals surface area contributed by atoms with Gasteiger partial charge in [0.2, 0.25) is 5.91 Å². The summed E-state index contributed by atoms with van der Waals surface area (Å²) < 4.78 is 27.3. The Morgan fingerprint density at radius 2 is 1.81 bits per heavy atom. The lowest BCUT2D eigenvalue weighted by atomic mass is 10.1. The minimum Gasteiger partial charge on any atom is -0.335 e. The average molecular weight is 457 g/mol. The fraction of sp³-hybridized carbons (Fsp3) is 0.318. The molecule has 0 radical (unpaired) electrons. The van der Waals surface area contributed by atoms with Gasteiger partial charge in [-0.3, -0.25) is 14.5 Å². The van der Waals surface area contributed by atoms with E-state index in [2.05, 4.69) is 10.6 Å². The molecular formula is C22H24N4O5S. The normalized spacial score (nSPS) is 16.2. The topological polar surface area (TPSA) is 125 Å². The highest BCUT2D eigenvalue weighted by atomic mass is 32.2. The first-order valence-corrected chi connectivity index (χ1v) is 11.9. The van der Waals surface area contributed by atoms with E-state index in [9.17, 15) is 22.8 Å². The number of anilines is 1.